The molecule has 0 fully saturated rings. The molecule has 0 bridgehead atoms. The summed E-state index contributed by atoms with van der Waals surface area (Å²) in [5, 5.41) is 0. The zero-order chi connectivity index (χ0) is 30.4. The van der Waals surface area contributed by atoms with Crippen molar-refractivity contribution in [2.75, 3.05) is 0 Å². The Labute approximate surface area is 259 Å². The van der Waals surface area contributed by atoms with Crippen LogP contribution in [0.3, 0.4) is 0 Å². The van der Waals surface area contributed by atoms with E-state index >= 15 is 0 Å². The lowest BCUT2D eigenvalue weighted by Crippen LogP contribution is -2.01. The van der Waals surface area contributed by atoms with Gasteiger partial charge >= 0.3 is 0 Å². The minimum Gasteiger partial charge on any atom is -0.348 e. The van der Waals surface area contributed by atoms with Crippen LogP contribution in [0, 0.1) is 0 Å². The average molecular weight is 569 g/mol. The Balaban J connectivity index is 2.78. The van der Waals surface area contributed by atoms with Gasteiger partial charge in [-0.1, -0.05) is 129 Å². The highest BCUT2D eigenvalue weighted by Crippen LogP contribution is 2.34. The van der Waals surface area contributed by atoms with Gasteiger partial charge in [0.05, 0.1) is 6.08 Å². The Morgan fingerprint density at radius 1 is 0.548 bits per heavy atom. The van der Waals surface area contributed by atoms with Crippen LogP contribution < -0.4 is 0 Å². The third kappa shape index (κ3) is 13.1. The summed E-state index contributed by atoms with van der Waals surface area (Å²) in [6, 6.07) is 14.8. The van der Waals surface area contributed by atoms with Crippen LogP contribution in [-0.2, 0) is 25.7 Å². The zero-order valence-electron chi connectivity index (χ0n) is 27.9. The SMILES string of the molecule is CCCCCCc1cc(CCCCCC)cc(C(=C(C=C=[N+]=[N-])CCCC)c2cc(CCCC)cc(CCCC)c2)c1. The quantitative estimate of drug-likeness (QED) is 0.0445. The molecule has 0 aliphatic rings. The molecule has 0 radical (unpaired) electrons. The summed E-state index contributed by atoms with van der Waals surface area (Å²) in [4.78, 5) is 3.28. The van der Waals surface area contributed by atoms with Gasteiger partial charge in [0.1, 0.15) is 0 Å². The van der Waals surface area contributed by atoms with Crippen molar-refractivity contribution in [3.8, 4) is 0 Å². The van der Waals surface area contributed by atoms with Gasteiger partial charge < -0.3 is 5.53 Å². The average Bonchev–Trinajstić information content (AvgIpc) is 3.00. The molecule has 2 nitrogen and oxygen atoms in total. The van der Waals surface area contributed by atoms with E-state index in [1.807, 2.05) is 6.08 Å². The lowest BCUT2D eigenvalue weighted by molar-refractivity contribution is 0.00800. The summed E-state index contributed by atoms with van der Waals surface area (Å²) in [6.07, 6.45) is 24.7. The standard InChI is InChI=1S/C40H60N2/c1-6-11-16-18-22-35-28-36(23-19-17-12-7-2)32-39(31-35)40(37(24-15-10-5)25-26-42-41)38-29-33(20-13-8-3)27-34(30-38)21-14-9-4/h25,27-32H,6-24H2,1-5H3. The van der Waals surface area contributed by atoms with E-state index in [2.05, 4.69) is 81.7 Å². The van der Waals surface area contributed by atoms with Crippen LogP contribution in [0.5, 0.6) is 0 Å². The second-order valence-corrected chi connectivity index (χ2v) is 12.3. The number of nitrogens with zero attached hydrogens (tertiary/aromatic N) is 2. The summed E-state index contributed by atoms with van der Waals surface area (Å²) in [6.45, 7) is 11.4. The van der Waals surface area contributed by atoms with Gasteiger partial charge in [0, 0.05) is 0 Å². The molecule has 230 valence electrons. The normalized spacial score (nSPS) is 11.6. The zero-order valence-corrected chi connectivity index (χ0v) is 27.9. The van der Waals surface area contributed by atoms with Gasteiger partial charge in [0.25, 0.3) is 5.87 Å². The minimum absolute atomic E-state index is 0.949. The van der Waals surface area contributed by atoms with Crippen molar-refractivity contribution >= 4 is 11.4 Å². The Bertz CT molecular complexity index is 1100. The van der Waals surface area contributed by atoms with E-state index in [1.54, 1.807) is 0 Å². The molecule has 42 heavy (non-hydrogen) atoms. The third-order valence-electron chi connectivity index (χ3n) is 8.38. The lowest BCUT2D eigenvalue weighted by Gasteiger charge is -2.19. The van der Waals surface area contributed by atoms with Crippen LogP contribution >= 0.6 is 0 Å². The smallest absolute Gasteiger partial charge is 0.299 e. The monoisotopic (exact) mass is 568 g/mol. The van der Waals surface area contributed by atoms with Crippen molar-refractivity contribution in [1.29, 1.82) is 0 Å². The summed E-state index contributed by atoms with van der Waals surface area (Å²) in [5.74, 6) is 2.80. The molecule has 0 unspecified atom stereocenters. The molecule has 0 aliphatic heterocycles. The predicted octanol–water partition coefficient (Wildman–Crippen LogP) is 12.1. The fraction of sp³-hybridized carbons (Fsp3) is 0.600. The maximum Gasteiger partial charge on any atom is 0.299 e. The number of hydrogen-bond acceptors (Lipinski definition) is 0. The lowest BCUT2D eigenvalue weighted by atomic mass is 9.85. The molecular formula is C40H60N2. The van der Waals surface area contributed by atoms with Crippen molar-refractivity contribution in [1.82, 2.24) is 0 Å². The summed E-state index contributed by atoms with van der Waals surface area (Å²) in [5.41, 5.74) is 20.4. The molecule has 2 aromatic carbocycles. The van der Waals surface area contributed by atoms with Crippen LogP contribution in [-0.4, -0.2) is 10.7 Å². The third-order valence-corrected chi connectivity index (χ3v) is 8.38. The highest BCUT2D eigenvalue weighted by atomic mass is 14.8. The fourth-order valence-corrected chi connectivity index (χ4v) is 5.95. The van der Waals surface area contributed by atoms with E-state index < -0.39 is 0 Å². The van der Waals surface area contributed by atoms with Crippen LogP contribution in [0.2, 0.25) is 0 Å². The van der Waals surface area contributed by atoms with E-state index in [0.29, 0.717) is 0 Å². The first-order valence-corrected chi connectivity index (χ1v) is 17.5. The first kappa shape index (κ1) is 35.5. The minimum atomic E-state index is 0.949. The summed E-state index contributed by atoms with van der Waals surface area (Å²) < 4.78 is 0. The molecule has 0 spiro atoms. The Kier molecular flexibility index (Phi) is 18.6. The van der Waals surface area contributed by atoms with Gasteiger partial charge in [-0.15, -0.1) is 4.79 Å². The Morgan fingerprint density at radius 2 is 0.952 bits per heavy atom. The molecule has 0 atom stereocenters. The molecular weight excluding hydrogens is 508 g/mol. The van der Waals surface area contributed by atoms with E-state index in [1.165, 1.54) is 122 Å². The maximum absolute atomic E-state index is 9.38. The molecule has 0 amide bonds. The topological polar surface area (TPSA) is 36.4 Å². The van der Waals surface area contributed by atoms with Gasteiger partial charge in [-0.3, -0.25) is 0 Å². The number of aryl methyl sites for hydroxylation is 4. The number of allylic oxidation sites excluding steroid dienone is 2. The maximum atomic E-state index is 9.38. The van der Waals surface area contributed by atoms with E-state index in [-0.39, 0.29) is 0 Å². The molecule has 0 aromatic heterocycles. The van der Waals surface area contributed by atoms with Crippen molar-refractivity contribution in [2.45, 2.75) is 157 Å². The van der Waals surface area contributed by atoms with Crippen LogP contribution in [0.15, 0.2) is 48.0 Å². The largest absolute Gasteiger partial charge is 0.348 e. The van der Waals surface area contributed by atoms with Gasteiger partial charge in [-0.05, 0) is 109 Å². The second-order valence-electron chi connectivity index (χ2n) is 12.3. The predicted molar refractivity (Wildman–Crippen MR) is 185 cm³/mol. The molecule has 0 saturated carbocycles. The molecule has 2 heteroatoms. The van der Waals surface area contributed by atoms with Crippen molar-refractivity contribution < 1.29 is 4.79 Å². The first-order chi connectivity index (χ1) is 20.6. The highest BCUT2D eigenvalue weighted by Gasteiger charge is 2.16. The van der Waals surface area contributed by atoms with E-state index in [4.69, 9.17) is 0 Å². The van der Waals surface area contributed by atoms with Crippen molar-refractivity contribution in [2.24, 2.45) is 0 Å². The Hall–Kier alpha value is -2.66. The van der Waals surface area contributed by atoms with Gasteiger partial charge in [-0.25, -0.2) is 0 Å². The van der Waals surface area contributed by atoms with Crippen molar-refractivity contribution in [3.63, 3.8) is 0 Å². The Morgan fingerprint density at radius 3 is 1.33 bits per heavy atom. The van der Waals surface area contributed by atoms with Crippen molar-refractivity contribution in [3.05, 3.63) is 87.0 Å². The van der Waals surface area contributed by atoms with Crippen LogP contribution in [0.1, 0.15) is 164 Å². The molecule has 2 rings (SSSR count). The van der Waals surface area contributed by atoms with Crippen LogP contribution in [0.25, 0.3) is 11.1 Å². The second kappa shape index (κ2) is 22.0. The van der Waals surface area contributed by atoms with Gasteiger partial charge in [-0.2, -0.15) is 0 Å². The fourth-order valence-electron chi connectivity index (χ4n) is 5.95. The van der Waals surface area contributed by atoms with E-state index in [9.17, 15) is 5.53 Å². The summed E-state index contributed by atoms with van der Waals surface area (Å²) >= 11 is 0. The van der Waals surface area contributed by atoms with Gasteiger partial charge in [0.15, 0.2) is 0 Å². The molecule has 0 N–H and O–H groups in total. The van der Waals surface area contributed by atoms with Crippen LogP contribution in [0.4, 0.5) is 0 Å². The first-order valence-electron chi connectivity index (χ1n) is 17.5. The summed E-state index contributed by atoms with van der Waals surface area (Å²) in [7, 11) is 0. The number of unbranched alkanes of at least 4 members (excludes halogenated alkanes) is 9. The van der Waals surface area contributed by atoms with E-state index in [0.717, 1.165) is 44.9 Å². The molecule has 0 heterocycles. The number of rotatable bonds is 22. The van der Waals surface area contributed by atoms with Gasteiger partial charge in [0.2, 0.25) is 0 Å². The number of hydrogen-bond donors (Lipinski definition) is 0. The highest BCUT2D eigenvalue weighted by molar-refractivity contribution is 5.86. The molecule has 2 aromatic rings. The molecule has 0 saturated heterocycles. The number of benzene rings is 2. The molecule has 0 aliphatic carbocycles.